The maximum Gasteiger partial charge on any atom is 0.327 e. The first-order chi connectivity index (χ1) is 10.1. The number of imidazole rings is 1. The van der Waals surface area contributed by atoms with Crippen LogP contribution in [0.2, 0.25) is 0 Å². The average molecular weight is 346 g/mol. The van der Waals surface area contributed by atoms with E-state index < -0.39 is 5.54 Å². The molecule has 1 aromatic carbocycles. The van der Waals surface area contributed by atoms with Gasteiger partial charge in [-0.2, -0.15) is 0 Å². The Morgan fingerprint density at radius 3 is 3.00 bits per heavy atom. The van der Waals surface area contributed by atoms with E-state index in [9.17, 15) is 4.79 Å². The molecule has 5 nitrogen and oxygen atoms in total. The van der Waals surface area contributed by atoms with Gasteiger partial charge in [0.15, 0.2) is 5.75 Å². The molecule has 21 heavy (non-hydrogen) atoms. The molecule has 1 aliphatic rings. The maximum absolute atomic E-state index is 12.5. The SMILES string of the molecule is CC1(c2ccccn2)COc2c(Br)ccc3[nH]c(=O)n1c23. The van der Waals surface area contributed by atoms with Crippen molar-refractivity contribution in [1.29, 1.82) is 0 Å². The standard InChI is InChI=1S/C15H12BrN3O2/c1-15(11-4-2-3-7-17-11)8-21-13-9(16)5-6-10-12(13)19(15)14(20)18-10/h2-7H,8H2,1H3,(H,18,20). The number of nitrogens with zero attached hydrogens (tertiary/aromatic N) is 2. The van der Waals surface area contributed by atoms with Crippen LogP contribution in [0.25, 0.3) is 11.0 Å². The van der Waals surface area contributed by atoms with E-state index in [2.05, 4.69) is 25.9 Å². The highest BCUT2D eigenvalue weighted by Gasteiger charge is 2.39. The lowest BCUT2D eigenvalue weighted by Crippen LogP contribution is -2.46. The average Bonchev–Trinajstić information content (AvgIpc) is 2.84. The molecule has 2 aromatic heterocycles. The summed E-state index contributed by atoms with van der Waals surface area (Å²) in [6.45, 7) is 2.32. The third kappa shape index (κ3) is 1.62. The lowest BCUT2D eigenvalue weighted by atomic mass is 9.96. The number of pyridine rings is 1. The Hall–Kier alpha value is -2.08. The molecule has 0 spiro atoms. The predicted octanol–water partition coefficient (Wildman–Crippen LogP) is 2.64. The number of halogens is 1. The van der Waals surface area contributed by atoms with Gasteiger partial charge in [-0.1, -0.05) is 6.07 Å². The Morgan fingerprint density at radius 2 is 2.24 bits per heavy atom. The molecule has 4 rings (SSSR count). The molecule has 0 fully saturated rings. The second kappa shape index (κ2) is 4.21. The van der Waals surface area contributed by atoms with E-state index in [1.54, 1.807) is 10.8 Å². The largest absolute Gasteiger partial charge is 0.487 e. The van der Waals surface area contributed by atoms with Crippen molar-refractivity contribution in [3.05, 3.63) is 57.2 Å². The number of benzene rings is 1. The lowest BCUT2D eigenvalue weighted by Gasteiger charge is -2.34. The van der Waals surface area contributed by atoms with Gasteiger partial charge in [-0.15, -0.1) is 0 Å². The Balaban J connectivity index is 2.11. The number of aromatic nitrogens is 3. The molecule has 0 bridgehead atoms. The van der Waals surface area contributed by atoms with Gasteiger partial charge in [0.1, 0.15) is 17.7 Å². The molecule has 1 atom stereocenters. The number of aromatic amines is 1. The van der Waals surface area contributed by atoms with Gasteiger partial charge in [0, 0.05) is 6.20 Å². The van der Waals surface area contributed by atoms with Crippen LogP contribution in [0.3, 0.4) is 0 Å². The Morgan fingerprint density at radius 1 is 1.38 bits per heavy atom. The Labute approximate surface area is 128 Å². The third-order valence-electron chi connectivity index (χ3n) is 3.96. The highest BCUT2D eigenvalue weighted by atomic mass is 79.9. The summed E-state index contributed by atoms with van der Waals surface area (Å²) in [5.74, 6) is 0.694. The zero-order valence-corrected chi connectivity index (χ0v) is 12.8. The van der Waals surface area contributed by atoms with Gasteiger partial charge in [-0.25, -0.2) is 4.79 Å². The van der Waals surface area contributed by atoms with E-state index in [1.165, 1.54) is 0 Å². The van der Waals surface area contributed by atoms with E-state index in [0.717, 1.165) is 21.2 Å². The fourth-order valence-corrected chi connectivity index (χ4v) is 3.33. The molecule has 0 saturated heterocycles. The van der Waals surface area contributed by atoms with Crippen LogP contribution < -0.4 is 10.4 Å². The minimum atomic E-state index is -0.635. The van der Waals surface area contributed by atoms with Gasteiger partial charge < -0.3 is 9.72 Å². The third-order valence-corrected chi connectivity index (χ3v) is 4.58. The van der Waals surface area contributed by atoms with Crippen molar-refractivity contribution in [2.45, 2.75) is 12.5 Å². The van der Waals surface area contributed by atoms with E-state index in [1.807, 2.05) is 37.3 Å². The number of ether oxygens (including phenoxy) is 1. The summed E-state index contributed by atoms with van der Waals surface area (Å²) >= 11 is 3.48. The molecule has 106 valence electrons. The molecule has 1 aliphatic heterocycles. The lowest BCUT2D eigenvalue weighted by molar-refractivity contribution is 0.181. The molecule has 0 radical (unpaired) electrons. The van der Waals surface area contributed by atoms with Crippen LogP contribution in [-0.2, 0) is 5.54 Å². The number of H-pyrrole nitrogens is 1. The minimum absolute atomic E-state index is 0.152. The number of nitrogens with one attached hydrogen (secondary N) is 1. The molecule has 0 saturated carbocycles. The van der Waals surface area contributed by atoms with E-state index in [-0.39, 0.29) is 5.69 Å². The minimum Gasteiger partial charge on any atom is -0.487 e. The first-order valence-electron chi connectivity index (χ1n) is 6.59. The first-order valence-corrected chi connectivity index (χ1v) is 7.38. The van der Waals surface area contributed by atoms with Gasteiger partial charge in [0.2, 0.25) is 0 Å². The van der Waals surface area contributed by atoms with Crippen molar-refractivity contribution in [2.75, 3.05) is 6.61 Å². The predicted molar refractivity (Wildman–Crippen MR) is 82.7 cm³/mol. The van der Waals surface area contributed by atoms with Crippen LogP contribution in [0.5, 0.6) is 5.75 Å². The summed E-state index contributed by atoms with van der Waals surface area (Å²) in [7, 11) is 0. The normalized spacial score (nSPS) is 20.5. The fraction of sp³-hybridized carbons (Fsp3) is 0.200. The number of hydrogen-bond donors (Lipinski definition) is 1. The second-order valence-corrected chi connectivity index (χ2v) is 6.17. The van der Waals surface area contributed by atoms with Crippen molar-refractivity contribution in [2.24, 2.45) is 0 Å². The Bertz CT molecular complexity index is 900. The number of hydrogen-bond acceptors (Lipinski definition) is 3. The van der Waals surface area contributed by atoms with Crippen LogP contribution in [0.15, 0.2) is 45.8 Å². The van der Waals surface area contributed by atoms with Crippen LogP contribution in [0.4, 0.5) is 0 Å². The van der Waals surface area contributed by atoms with Crippen LogP contribution >= 0.6 is 15.9 Å². The van der Waals surface area contributed by atoms with E-state index in [0.29, 0.717) is 12.4 Å². The summed E-state index contributed by atoms with van der Waals surface area (Å²) in [6, 6.07) is 9.43. The molecular weight excluding hydrogens is 334 g/mol. The van der Waals surface area contributed by atoms with Gasteiger partial charge in [-0.05, 0) is 47.1 Å². The summed E-state index contributed by atoms with van der Waals surface area (Å²) in [5.41, 5.74) is 1.55. The Kier molecular flexibility index (Phi) is 2.53. The van der Waals surface area contributed by atoms with Crippen molar-refractivity contribution >= 4 is 27.0 Å². The molecule has 0 aliphatic carbocycles. The first kappa shape index (κ1) is 12.6. The van der Waals surface area contributed by atoms with Crippen molar-refractivity contribution < 1.29 is 4.74 Å². The monoisotopic (exact) mass is 345 g/mol. The number of rotatable bonds is 1. The summed E-state index contributed by atoms with van der Waals surface area (Å²) in [4.78, 5) is 19.8. The van der Waals surface area contributed by atoms with Crippen LogP contribution in [0, 0.1) is 0 Å². The molecular formula is C15H12BrN3O2. The molecule has 3 aromatic rings. The van der Waals surface area contributed by atoms with Crippen molar-refractivity contribution in [1.82, 2.24) is 14.5 Å². The van der Waals surface area contributed by atoms with Gasteiger partial charge in [-0.3, -0.25) is 9.55 Å². The zero-order valence-electron chi connectivity index (χ0n) is 11.3. The highest BCUT2D eigenvalue weighted by Crippen LogP contribution is 2.40. The quantitative estimate of drug-likeness (QED) is 0.737. The molecule has 0 amide bonds. The fourth-order valence-electron chi connectivity index (χ4n) is 2.90. The summed E-state index contributed by atoms with van der Waals surface area (Å²) < 4.78 is 8.53. The van der Waals surface area contributed by atoms with Crippen molar-refractivity contribution in [3.8, 4) is 5.75 Å². The smallest absolute Gasteiger partial charge is 0.327 e. The molecule has 1 unspecified atom stereocenters. The van der Waals surface area contributed by atoms with Crippen LogP contribution in [0.1, 0.15) is 12.6 Å². The molecule has 3 heterocycles. The van der Waals surface area contributed by atoms with E-state index >= 15 is 0 Å². The molecule has 6 heteroatoms. The van der Waals surface area contributed by atoms with E-state index in [4.69, 9.17) is 4.74 Å². The van der Waals surface area contributed by atoms with Gasteiger partial charge >= 0.3 is 5.69 Å². The second-order valence-electron chi connectivity index (χ2n) is 5.32. The van der Waals surface area contributed by atoms with Crippen LogP contribution in [-0.4, -0.2) is 21.1 Å². The van der Waals surface area contributed by atoms with Gasteiger partial charge in [0.25, 0.3) is 0 Å². The van der Waals surface area contributed by atoms with Gasteiger partial charge in [0.05, 0.1) is 15.7 Å². The zero-order chi connectivity index (χ0) is 14.6. The molecule has 1 N–H and O–H groups in total. The highest BCUT2D eigenvalue weighted by molar-refractivity contribution is 9.10. The maximum atomic E-state index is 12.5. The van der Waals surface area contributed by atoms with Crippen molar-refractivity contribution in [3.63, 3.8) is 0 Å². The topological polar surface area (TPSA) is 59.9 Å². The summed E-state index contributed by atoms with van der Waals surface area (Å²) in [5, 5.41) is 0. The summed E-state index contributed by atoms with van der Waals surface area (Å²) in [6.07, 6.45) is 1.73.